The van der Waals surface area contributed by atoms with Gasteiger partial charge in [0.05, 0.1) is 12.4 Å². The summed E-state index contributed by atoms with van der Waals surface area (Å²) in [6, 6.07) is 0. The number of hydrogen-bond acceptors (Lipinski definition) is 4. The Balaban J connectivity index is 2.57. The molecule has 0 bridgehead atoms. The standard InChI is InChI=1S/C17H27ClN2O2/c1-5-6-7-8-9-10-14(17(2,3)4)22-16(21)13-11-20-15(18)12-19-13/h11-12,14H,5-10H2,1-4H3/t14-/m1/s1. The van der Waals surface area contributed by atoms with Gasteiger partial charge in [-0.2, -0.15) is 0 Å². The van der Waals surface area contributed by atoms with Gasteiger partial charge in [-0.25, -0.2) is 14.8 Å². The molecule has 0 aromatic carbocycles. The van der Waals surface area contributed by atoms with Crippen LogP contribution in [-0.2, 0) is 4.74 Å². The first kappa shape index (κ1) is 18.9. The Bertz CT molecular complexity index is 455. The zero-order chi connectivity index (χ0) is 16.6. The number of halogens is 1. The van der Waals surface area contributed by atoms with Crippen LogP contribution in [0.15, 0.2) is 12.4 Å². The number of aromatic nitrogens is 2. The van der Waals surface area contributed by atoms with Crippen LogP contribution in [-0.4, -0.2) is 22.0 Å². The van der Waals surface area contributed by atoms with Crippen LogP contribution in [0.4, 0.5) is 0 Å². The molecule has 5 heteroatoms. The zero-order valence-electron chi connectivity index (χ0n) is 14.1. The van der Waals surface area contributed by atoms with Gasteiger partial charge in [-0.3, -0.25) is 0 Å². The van der Waals surface area contributed by atoms with Crippen LogP contribution in [0.2, 0.25) is 5.15 Å². The van der Waals surface area contributed by atoms with Gasteiger partial charge in [0, 0.05) is 0 Å². The number of carbonyl (C=O) groups is 1. The Hall–Kier alpha value is -1.16. The lowest BCUT2D eigenvalue weighted by Crippen LogP contribution is -2.32. The van der Waals surface area contributed by atoms with Crippen LogP contribution < -0.4 is 0 Å². The summed E-state index contributed by atoms with van der Waals surface area (Å²) in [5, 5.41) is 0.264. The van der Waals surface area contributed by atoms with Crippen molar-refractivity contribution in [3.8, 4) is 0 Å². The maximum Gasteiger partial charge on any atom is 0.358 e. The van der Waals surface area contributed by atoms with E-state index >= 15 is 0 Å². The summed E-state index contributed by atoms with van der Waals surface area (Å²) < 4.78 is 5.66. The molecule has 124 valence electrons. The zero-order valence-corrected chi connectivity index (χ0v) is 14.8. The normalized spacial score (nSPS) is 13.0. The highest BCUT2D eigenvalue weighted by molar-refractivity contribution is 6.29. The molecule has 4 nitrogen and oxygen atoms in total. The number of carbonyl (C=O) groups excluding carboxylic acids is 1. The number of rotatable bonds is 8. The van der Waals surface area contributed by atoms with Gasteiger partial charge in [-0.15, -0.1) is 0 Å². The average molecular weight is 327 g/mol. The van der Waals surface area contributed by atoms with Gasteiger partial charge >= 0.3 is 5.97 Å². The second-order valence-corrected chi connectivity index (χ2v) is 7.07. The molecule has 0 fully saturated rings. The molecule has 1 atom stereocenters. The summed E-state index contributed by atoms with van der Waals surface area (Å²) >= 11 is 5.68. The van der Waals surface area contributed by atoms with E-state index in [2.05, 4.69) is 37.7 Å². The molecule has 0 saturated carbocycles. The Morgan fingerprint density at radius 2 is 1.86 bits per heavy atom. The minimum Gasteiger partial charge on any atom is -0.457 e. The SMILES string of the molecule is CCCCCCC[C@@H](OC(=O)c1cnc(Cl)cn1)C(C)(C)C. The first-order valence-corrected chi connectivity index (χ1v) is 8.41. The van der Waals surface area contributed by atoms with Gasteiger partial charge in [0.2, 0.25) is 0 Å². The second-order valence-electron chi connectivity index (χ2n) is 6.69. The molecule has 0 saturated heterocycles. The summed E-state index contributed by atoms with van der Waals surface area (Å²) in [5.41, 5.74) is 0.102. The summed E-state index contributed by atoms with van der Waals surface area (Å²) in [7, 11) is 0. The highest BCUT2D eigenvalue weighted by atomic mass is 35.5. The van der Waals surface area contributed by atoms with Crippen molar-refractivity contribution in [2.45, 2.75) is 72.3 Å². The molecule has 0 N–H and O–H groups in total. The van der Waals surface area contributed by atoms with Crippen molar-refractivity contribution in [3.05, 3.63) is 23.2 Å². The largest absolute Gasteiger partial charge is 0.457 e. The van der Waals surface area contributed by atoms with Crippen molar-refractivity contribution in [1.29, 1.82) is 0 Å². The van der Waals surface area contributed by atoms with Gasteiger partial charge in [0.1, 0.15) is 11.3 Å². The fourth-order valence-electron chi connectivity index (χ4n) is 2.21. The number of esters is 1. The third kappa shape index (κ3) is 6.73. The molecule has 0 radical (unpaired) electrons. The Morgan fingerprint density at radius 1 is 1.18 bits per heavy atom. The van der Waals surface area contributed by atoms with Crippen LogP contribution in [0.25, 0.3) is 0 Å². The number of nitrogens with zero attached hydrogens (tertiary/aromatic N) is 2. The molecule has 0 spiro atoms. The van der Waals surface area contributed by atoms with E-state index in [0.29, 0.717) is 0 Å². The summed E-state index contributed by atoms with van der Waals surface area (Å²) in [5.74, 6) is -0.433. The molecule has 0 amide bonds. The van der Waals surface area contributed by atoms with E-state index in [1.165, 1.54) is 38.1 Å². The maximum absolute atomic E-state index is 12.2. The number of unbranched alkanes of at least 4 members (excludes halogenated alkanes) is 4. The van der Waals surface area contributed by atoms with Crippen molar-refractivity contribution < 1.29 is 9.53 Å². The van der Waals surface area contributed by atoms with Crippen LogP contribution in [0.1, 0.15) is 76.7 Å². The molecule has 0 unspecified atom stereocenters. The van der Waals surface area contributed by atoms with E-state index in [1.54, 1.807) is 0 Å². The van der Waals surface area contributed by atoms with Gasteiger partial charge in [-0.05, 0) is 18.3 Å². The maximum atomic E-state index is 12.2. The summed E-state index contributed by atoms with van der Waals surface area (Å²) in [6.45, 7) is 8.46. The van der Waals surface area contributed by atoms with E-state index in [0.717, 1.165) is 12.8 Å². The summed E-state index contributed by atoms with van der Waals surface area (Å²) in [4.78, 5) is 20.0. The van der Waals surface area contributed by atoms with E-state index in [9.17, 15) is 4.79 Å². The van der Waals surface area contributed by atoms with Crippen LogP contribution >= 0.6 is 11.6 Å². The predicted molar refractivity (Wildman–Crippen MR) is 89.1 cm³/mol. The van der Waals surface area contributed by atoms with Crippen molar-refractivity contribution in [2.75, 3.05) is 0 Å². The van der Waals surface area contributed by atoms with Gasteiger partial charge in [0.25, 0.3) is 0 Å². The average Bonchev–Trinajstić information content (AvgIpc) is 2.45. The molecule has 0 aliphatic rings. The smallest absolute Gasteiger partial charge is 0.358 e. The minimum absolute atomic E-state index is 0.0970. The Kier molecular flexibility index (Phi) is 7.80. The van der Waals surface area contributed by atoms with Gasteiger partial charge in [-0.1, -0.05) is 65.0 Å². The van der Waals surface area contributed by atoms with Crippen molar-refractivity contribution in [3.63, 3.8) is 0 Å². The topological polar surface area (TPSA) is 52.1 Å². The molecule has 1 rings (SSSR count). The highest BCUT2D eigenvalue weighted by Crippen LogP contribution is 2.27. The van der Waals surface area contributed by atoms with Crippen LogP contribution in [0, 0.1) is 5.41 Å². The quantitative estimate of drug-likeness (QED) is 0.495. The van der Waals surface area contributed by atoms with Gasteiger partial charge in [0.15, 0.2) is 5.69 Å². The van der Waals surface area contributed by atoms with Crippen molar-refractivity contribution in [2.24, 2.45) is 5.41 Å². The molecule has 0 aliphatic heterocycles. The van der Waals surface area contributed by atoms with Crippen molar-refractivity contribution in [1.82, 2.24) is 9.97 Å². The van der Waals surface area contributed by atoms with Gasteiger partial charge < -0.3 is 4.74 Å². The van der Waals surface area contributed by atoms with Crippen molar-refractivity contribution >= 4 is 17.6 Å². The first-order chi connectivity index (χ1) is 10.3. The van der Waals surface area contributed by atoms with E-state index in [1.807, 2.05) is 0 Å². The molecule has 1 aromatic heterocycles. The molecule has 1 aromatic rings. The fourth-order valence-corrected chi connectivity index (χ4v) is 2.31. The lowest BCUT2D eigenvalue weighted by molar-refractivity contribution is -0.00752. The fraction of sp³-hybridized carbons (Fsp3) is 0.706. The van der Waals surface area contributed by atoms with Crippen LogP contribution in [0.5, 0.6) is 0 Å². The monoisotopic (exact) mass is 326 g/mol. The Morgan fingerprint density at radius 3 is 2.41 bits per heavy atom. The van der Waals surface area contributed by atoms with Crippen LogP contribution in [0.3, 0.4) is 0 Å². The second kappa shape index (κ2) is 9.09. The van der Waals surface area contributed by atoms with E-state index < -0.39 is 5.97 Å². The third-order valence-corrected chi connectivity index (χ3v) is 3.81. The Labute approximate surface area is 138 Å². The summed E-state index contributed by atoms with van der Waals surface area (Å²) in [6.07, 6.45) is 9.44. The number of hydrogen-bond donors (Lipinski definition) is 0. The number of ether oxygens (including phenoxy) is 1. The minimum atomic E-state index is -0.433. The lowest BCUT2D eigenvalue weighted by Gasteiger charge is -2.30. The molecular weight excluding hydrogens is 300 g/mol. The molecular formula is C17H27ClN2O2. The predicted octanol–water partition coefficient (Wildman–Crippen LogP) is 5.06. The highest BCUT2D eigenvalue weighted by Gasteiger charge is 2.28. The molecule has 0 aliphatic carbocycles. The lowest BCUT2D eigenvalue weighted by atomic mass is 9.85. The molecule has 22 heavy (non-hydrogen) atoms. The molecule has 1 heterocycles. The first-order valence-electron chi connectivity index (χ1n) is 8.03. The van der Waals surface area contributed by atoms with E-state index in [-0.39, 0.29) is 22.4 Å². The van der Waals surface area contributed by atoms with E-state index in [4.69, 9.17) is 16.3 Å². The third-order valence-electron chi connectivity index (χ3n) is 3.61.